The number of halogens is 3. The van der Waals surface area contributed by atoms with Crippen LogP contribution in [0.5, 0.6) is 0 Å². The predicted octanol–water partition coefficient (Wildman–Crippen LogP) is 4.12. The zero-order valence-corrected chi connectivity index (χ0v) is 15.3. The standard InChI is InChI=1S/C17H13F3N6OS.CH4/c1-25(9-17(18,19)20)16(27)14-2-10(8-28-14)13-6-24-26-7-12(3-21-15(13)26)11-4-22-23-5-11;/h2-8H,9H2,1H3,(H,22,23);1H4. The van der Waals surface area contributed by atoms with Gasteiger partial charge in [0.15, 0.2) is 5.65 Å². The molecule has 4 rings (SSSR count). The number of carbonyl (C=O) groups is 1. The van der Waals surface area contributed by atoms with Gasteiger partial charge in [-0.1, -0.05) is 7.43 Å². The lowest BCUT2D eigenvalue weighted by Crippen LogP contribution is -2.35. The number of carbonyl (C=O) groups excluding carboxylic acids is 1. The van der Waals surface area contributed by atoms with Gasteiger partial charge >= 0.3 is 6.18 Å². The lowest BCUT2D eigenvalue weighted by atomic mass is 10.1. The largest absolute Gasteiger partial charge is 0.406 e. The molecular weight excluding hydrogens is 405 g/mol. The number of nitrogens with one attached hydrogen (secondary N) is 1. The van der Waals surface area contributed by atoms with E-state index in [0.29, 0.717) is 21.7 Å². The summed E-state index contributed by atoms with van der Waals surface area (Å²) < 4.78 is 39.1. The van der Waals surface area contributed by atoms with Crippen molar-refractivity contribution in [2.24, 2.45) is 0 Å². The van der Waals surface area contributed by atoms with Crippen LogP contribution in [-0.4, -0.2) is 55.4 Å². The van der Waals surface area contributed by atoms with E-state index >= 15 is 0 Å². The van der Waals surface area contributed by atoms with Gasteiger partial charge in [-0.3, -0.25) is 9.89 Å². The maximum atomic E-state index is 12.5. The molecule has 0 bridgehead atoms. The highest BCUT2D eigenvalue weighted by atomic mass is 32.1. The highest BCUT2D eigenvalue weighted by molar-refractivity contribution is 7.12. The maximum Gasteiger partial charge on any atom is 0.406 e. The minimum Gasteiger partial charge on any atom is -0.332 e. The Balaban J connectivity index is 0.00000240. The molecule has 0 aliphatic rings. The normalized spacial score (nSPS) is 11.4. The summed E-state index contributed by atoms with van der Waals surface area (Å²) in [4.78, 5) is 17.5. The molecule has 0 aliphatic heterocycles. The molecule has 0 aliphatic carbocycles. The Morgan fingerprint density at radius 3 is 2.72 bits per heavy atom. The van der Waals surface area contributed by atoms with Crippen LogP contribution in [0.3, 0.4) is 0 Å². The van der Waals surface area contributed by atoms with Crippen LogP contribution < -0.4 is 0 Å². The van der Waals surface area contributed by atoms with Crippen LogP contribution in [-0.2, 0) is 0 Å². The average Bonchev–Trinajstić information content (AvgIpc) is 3.37. The van der Waals surface area contributed by atoms with Gasteiger partial charge in [-0.15, -0.1) is 11.3 Å². The molecular formula is C18H17F3N6OS. The average molecular weight is 422 g/mol. The number of nitrogens with zero attached hydrogens (tertiary/aromatic N) is 5. The van der Waals surface area contributed by atoms with E-state index < -0.39 is 18.6 Å². The van der Waals surface area contributed by atoms with Crippen LogP contribution in [0.15, 0.2) is 42.4 Å². The van der Waals surface area contributed by atoms with E-state index in [-0.39, 0.29) is 12.3 Å². The number of hydrogen-bond donors (Lipinski definition) is 1. The first kappa shape index (κ1) is 20.5. The fourth-order valence-corrected chi connectivity index (χ4v) is 3.66. The quantitative estimate of drug-likeness (QED) is 0.537. The van der Waals surface area contributed by atoms with Crippen molar-refractivity contribution in [1.29, 1.82) is 0 Å². The van der Waals surface area contributed by atoms with E-state index in [1.807, 2.05) is 0 Å². The van der Waals surface area contributed by atoms with E-state index in [4.69, 9.17) is 0 Å². The molecule has 0 saturated carbocycles. The van der Waals surface area contributed by atoms with Gasteiger partial charge < -0.3 is 4.90 Å². The van der Waals surface area contributed by atoms with Crippen LogP contribution in [0.25, 0.3) is 27.9 Å². The van der Waals surface area contributed by atoms with Crippen molar-refractivity contribution in [3.05, 3.63) is 47.3 Å². The smallest absolute Gasteiger partial charge is 0.332 e. The third-order valence-electron chi connectivity index (χ3n) is 4.07. The van der Waals surface area contributed by atoms with Crippen molar-refractivity contribution in [2.45, 2.75) is 13.6 Å². The van der Waals surface area contributed by atoms with E-state index in [1.165, 1.54) is 0 Å². The van der Waals surface area contributed by atoms with E-state index in [2.05, 4.69) is 20.3 Å². The SMILES string of the molecule is C.CN(CC(F)(F)F)C(=O)c1cc(-c2cnn3cc(-c4cn[nH]c4)cnc23)cs1. The number of aromatic amines is 1. The van der Waals surface area contributed by atoms with Gasteiger partial charge in [0, 0.05) is 42.3 Å². The first-order valence-corrected chi connectivity index (χ1v) is 8.93. The van der Waals surface area contributed by atoms with Gasteiger partial charge in [-0.25, -0.2) is 9.50 Å². The molecule has 0 fully saturated rings. The molecule has 0 unspecified atom stereocenters. The van der Waals surface area contributed by atoms with Crippen LogP contribution in [0.4, 0.5) is 13.2 Å². The summed E-state index contributed by atoms with van der Waals surface area (Å²) in [5.41, 5.74) is 3.63. The highest BCUT2D eigenvalue weighted by Gasteiger charge is 2.32. The molecule has 1 N–H and O–H groups in total. The van der Waals surface area contributed by atoms with Gasteiger partial charge in [0.05, 0.1) is 17.3 Å². The van der Waals surface area contributed by atoms with Crippen LogP contribution in [0.1, 0.15) is 17.1 Å². The van der Waals surface area contributed by atoms with Crippen molar-refractivity contribution >= 4 is 22.9 Å². The third kappa shape index (κ3) is 4.14. The predicted molar refractivity (Wildman–Crippen MR) is 104 cm³/mol. The van der Waals surface area contributed by atoms with E-state index in [0.717, 1.165) is 29.5 Å². The van der Waals surface area contributed by atoms with E-state index in [1.54, 1.807) is 46.9 Å². The number of rotatable bonds is 4. The molecule has 11 heteroatoms. The van der Waals surface area contributed by atoms with Crippen molar-refractivity contribution in [3.8, 4) is 22.3 Å². The molecule has 1 amide bonds. The molecule has 0 aromatic carbocycles. The lowest BCUT2D eigenvalue weighted by molar-refractivity contribution is -0.138. The Kier molecular flexibility index (Phi) is 5.42. The Labute approximate surface area is 167 Å². The summed E-state index contributed by atoms with van der Waals surface area (Å²) >= 11 is 1.08. The summed E-state index contributed by atoms with van der Waals surface area (Å²) in [7, 11) is 1.13. The van der Waals surface area contributed by atoms with Crippen molar-refractivity contribution in [3.63, 3.8) is 0 Å². The number of thiophene rings is 1. The number of amides is 1. The number of fused-ring (bicyclic) bond motifs is 1. The maximum absolute atomic E-state index is 12.5. The van der Waals surface area contributed by atoms with Gasteiger partial charge in [0.1, 0.15) is 6.54 Å². The zero-order chi connectivity index (χ0) is 19.9. The third-order valence-corrected chi connectivity index (χ3v) is 4.99. The van der Waals surface area contributed by atoms with Crippen molar-refractivity contribution in [2.75, 3.05) is 13.6 Å². The monoisotopic (exact) mass is 422 g/mol. The fourth-order valence-electron chi connectivity index (χ4n) is 2.75. The Morgan fingerprint density at radius 1 is 1.24 bits per heavy atom. The molecule has 0 saturated heterocycles. The summed E-state index contributed by atoms with van der Waals surface area (Å²) in [5, 5.41) is 12.6. The molecule has 0 radical (unpaired) electrons. The minimum atomic E-state index is -4.44. The number of alkyl halides is 3. The lowest BCUT2D eigenvalue weighted by Gasteiger charge is -2.17. The second-order valence-corrected chi connectivity index (χ2v) is 7.04. The topological polar surface area (TPSA) is 79.2 Å². The molecule has 0 atom stereocenters. The second kappa shape index (κ2) is 7.66. The van der Waals surface area contributed by atoms with Gasteiger partial charge in [-0.2, -0.15) is 23.4 Å². The van der Waals surface area contributed by atoms with Crippen LogP contribution in [0, 0.1) is 0 Å². The zero-order valence-electron chi connectivity index (χ0n) is 14.4. The number of aromatic nitrogens is 5. The van der Waals surface area contributed by atoms with Gasteiger partial charge in [0.25, 0.3) is 5.91 Å². The van der Waals surface area contributed by atoms with Crippen LogP contribution >= 0.6 is 11.3 Å². The minimum absolute atomic E-state index is 0. The molecule has 7 nitrogen and oxygen atoms in total. The second-order valence-electron chi connectivity index (χ2n) is 6.13. The van der Waals surface area contributed by atoms with E-state index in [9.17, 15) is 18.0 Å². The summed E-state index contributed by atoms with van der Waals surface area (Å²) in [6.07, 6.45) is 4.05. The molecule has 29 heavy (non-hydrogen) atoms. The van der Waals surface area contributed by atoms with Crippen molar-refractivity contribution < 1.29 is 18.0 Å². The number of hydrogen-bond acceptors (Lipinski definition) is 5. The molecule has 4 aromatic heterocycles. The molecule has 4 heterocycles. The fraction of sp³-hybridized carbons (Fsp3) is 0.222. The summed E-state index contributed by atoms with van der Waals surface area (Å²) in [5.74, 6) is -0.680. The Bertz CT molecular complexity index is 1130. The summed E-state index contributed by atoms with van der Waals surface area (Å²) in [6, 6.07) is 1.56. The summed E-state index contributed by atoms with van der Waals surface area (Å²) in [6.45, 7) is -1.30. The highest BCUT2D eigenvalue weighted by Crippen LogP contribution is 2.30. The first-order valence-electron chi connectivity index (χ1n) is 8.05. The van der Waals surface area contributed by atoms with Gasteiger partial charge in [-0.05, 0) is 17.0 Å². The first-order chi connectivity index (χ1) is 13.3. The van der Waals surface area contributed by atoms with Crippen molar-refractivity contribution in [1.82, 2.24) is 29.7 Å². The Hall–Kier alpha value is -3.21. The Morgan fingerprint density at radius 2 is 2.03 bits per heavy atom. The number of H-pyrrole nitrogens is 1. The molecule has 152 valence electrons. The molecule has 4 aromatic rings. The van der Waals surface area contributed by atoms with Gasteiger partial charge in [0.2, 0.25) is 0 Å². The van der Waals surface area contributed by atoms with Crippen LogP contribution in [0.2, 0.25) is 0 Å². The molecule has 0 spiro atoms.